The molecule has 416 valence electrons. The fraction of sp³-hybridized carbons (Fsp3) is 0.0476. The molecule has 3 nitrogen and oxygen atoms in total. The van der Waals surface area contributed by atoms with Crippen LogP contribution in [0.4, 0.5) is 11.4 Å². The van der Waals surface area contributed by atoms with Crippen LogP contribution in [-0.2, 0) is 10.8 Å². The number of hydrogen-bond donors (Lipinski definition) is 0. The molecule has 0 bridgehead atoms. The first-order valence-corrected chi connectivity index (χ1v) is 32.3. The Kier molecular flexibility index (Phi) is 14.5. The molecule has 2 spiro atoms. The molecule has 1 aliphatic heterocycles. The van der Waals surface area contributed by atoms with E-state index in [1.165, 1.54) is 107 Å². The minimum absolute atomic E-state index is 0. The average molecular weight is 1700 g/mol. The second kappa shape index (κ2) is 22.9. The third kappa shape index (κ3) is 8.85. The zero-order valence-electron chi connectivity index (χ0n) is 48.6. The monoisotopic (exact) mass is 1700 g/mol. The zero-order chi connectivity index (χ0) is 57.9. The van der Waals surface area contributed by atoms with Crippen LogP contribution >= 0.6 is 20.7 Å². The molecule has 1 heterocycles. The van der Waals surface area contributed by atoms with Gasteiger partial charge in [-0.2, -0.15) is 48.5 Å². The van der Waals surface area contributed by atoms with Gasteiger partial charge in [0.25, 0.3) is 0 Å². The molecule has 18 rings (SSSR count). The van der Waals surface area contributed by atoms with Crippen molar-refractivity contribution in [1.29, 1.82) is 0 Å². The van der Waals surface area contributed by atoms with Crippen LogP contribution in [0.3, 0.4) is 0 Å². The molecule has 0 saturated carbocycles. The van der Waals surface area contributed by atoms with E-state index in [0.717, 1.165) is 56.7 Å². The van der Waals surface area contributed by atoms with E-state index in [4.69, 9.17) is 4.99 Å². The summed E-state index contributed by atoms with van der Waals surface area (Å²) in [5.74, 6) is 0.134. The summed E-state index contributed by atoms with van der Waals surface area (Å²) >= 11 is -0.672. The minimum Gasteiger partial charge on any atom is -0.378 e. The smallest absolute Gasteiger partial charge is 0.378 e. The van der Waals surface area contributed by atoms with Crippen molar-refractivity contribution in [3.05, 3.63) is 376 Å². The number of aliphatic imine (C=N–C) groups is 2. The summed E-state index contributed by atoms with van der Waals surface area (Å²) in [6.07, 6.45) is 12.3. The van der Waals surface area contributed by atoms with Gasteiger partial charge >= 0.3 is 62.2 Å². The predicted octanol–water partition coefficient (Wildman–Crippen LogP) is 19.8. The van der Waals surface area contributed by atoms with Crippen molar-refractivity contribution in [1.82, 2.24) is 0 Å². The topological polar surface area (TPSA) is 37.1 Å². The van der Waals surface area contributed by atoms with E-state index in [1.54, 1.807) is 0 Å². The number of benzene rings is 12. The van der Waals surface area contributed by atoms with E-state index in [0.29, 0.717) is 0 Å². The summed E-state index contributed by atoms with van der Waals surface area (Å²) in [7, 11) is 0. The molecule has 0 saturated heterocycles. The van der Waals surface area contributed by atoms with Gasteiger partial charge in [0.15, 0.2) is 0 Å². The van der Waals surface area contributed by atoms with E-state index in [-0.39, 0.29) is 68.1 Å². The van der Waals surface area contributed by atoms with Crippen LogP contribution in [0.5, 0.6) is 0 Å². The summed E-state index contributed by atoms with van der Waals surface area (Å²) in [6.45, 7) is 0. The van der Waals surface area contributed by atoms with Gasteiger partial charge in [-0.25, -0.2) is 17.1 Å². The molecule has 0 amide bonds. The first-order chi connectivity index (χ1) is 43.6. The molecule has 0 fully saturated rings. The summed E-state index contributed by atoms with van der Waals surface area (Å²) in [5.41, 5.74) is 30.6. The normalized spacial score (nSPS) is 15.9. The second-order valence-electron chi connectivity index (χ2n) is 23.5. The molecule has 0 aromatic heterocycles. The van der Waals surface area contributed by atoms with Gasteiger partial charge in [0.05, 0.1) is 21.9 Å². The van der Waals surface area contributed by atoms with E-state index in [9.17, 15) is 0 Å². The van der Waals surface area contributed by atoms with Gasteiger partial charge in [-0.15, -0.1) is 46.8 Å². The van der Waals surface area contributed by atoms with Crippen molar-refractivity contribution in [3.8, 4) is 55.6 Å². The van der Waals surface area contributed by atoms with Gasteiger partial charge in [-0.05, 0) is 160 Å². The Hall–Kier alpha value is -8.17. The molecule has 0 N–H and O–H groups in total. The van der Waals surface area contributed by atoms with Crippen molar-refractivity contribution in [2.24, 2.45) is 20.9 Å². The van der Waals surface area contributed by atoms with E-state index in [2.05, 4.69) is 271 Å². The van der Waals surface area contributed by atoms with Crippen molar-refractivity contribution >= 4 is 55.8 Å². The van der Waals surface area contributed by atoms with E-state index >= 15 is 0 Å². The molecule has 5 aliphatic carbocycles. The summed E-state index contributed by atoms with van der Waals surface area (Å²) in [5, 5.41) is 1.08. The number of fused-ring (bicyclic) bond motifs is 21. The molecule has 6 heteroatoms. The number of allylic oxidation sites excluding steroid dienone is 5. The quantitative estimate of drug-likeness (QED) is 0.0826. The third-order valence-electron chi connectivity index (χ3n) is 19.1. The maximum atomic E-state index is 5.83. The molecule has 90 heavy (non-hydrogen) atoms. The molecule has 1 atom stereocenters. The van der Waals surface area contributed by atoms with Gasteiger partial charge in [0.2, 0.25) is 0 Å². The molecule has 1 unspecified atom stereocenters. The summed E-state index contributed by atoms with van der Waals surface area (Å²) < 4.78 is 2.76. The van der Waals surface area contributed by atoms with E-state index in [1.807, 2.05) is 48.5 Å². The van der Waals surface area contributed by atoms with Crippen molar-refractivity contribution in [3.63, 3.8) is 0 Å². The maximum absolute atomic E-state index is 5.83. The molecule has 6 aliphatic rings. The van der Waals surface area contributed by atoms with Crippen molar-refractivity contribution in [2.45, 2.75) is 17.3 Å². The standard InChI is InChI=1S/C84H50IN3.2U/c1-3-17-61(18-4-1)86-51-53-31-35-55(36-32-53)57-39-43-67-69-45-41-59(49-77(69)83(75(67)47-57)71-25-11-7-21-63(71)64-22-8-12-26-72(64)83)81-82(88-80-30-16-15-29-79(80)85-81)60-42-46-70-68-44-40-58(56-37-33-54(34-38-56)52-87-62-19-5-2-6-20-62)48-76(68)84(78(70)50-60)73-27-13-9-23-65(73)66-24-10-14-28-74(66)84;;/h1-17,19,21-48,50,77H,49H2;;/q-4;2*+2. The van der Waals surface area contributed by atoms with E-state index < -0.39 is 31.6 Å². The van der Waals surface area contributed by atoms with Gasteiger partial charge in [-0.1, -0.05) is 203 Å². The number of para-hydroxylation sites is 3. The molecular weight excluding hydrogens is 1650 g/mol. The number of hydrogen-bond acceptors (Lipinski definition) is 3. The van der Waals surface area contributed by atoms with Gasteiger partial charge in [0, 0.05) is 18.2 Å². The first-order valence-electron chi connectivity index (χ1n) is 30.1. The zero-order valence-corrected chi connectivity index (χ0v) is 59.1. The second-order valence-corrected chi connectivity index (χ2v) is 26.3. The molecule has 12 aromatic carbocycles. The van der Waals surface area contributed by atoms with Crippen molar-refractivity contribution < 1.29 is 62.2 Å². The van der Waals surface area contributed by atoms with Crippen LogP contribution in [0.15, 0.2) is 309 Å². The Balaban J connectivity index is 0.00000324. The molecular formula is C84H50IN3U2. The maximum Gasteiger partial charge on any atom is 2.00 e. The Morgan fingerprint density at radius 2 is 0.844 bits per heavy atom. The summed E-state index contributed by atoms with van der Waals surface area (Å²) in [6, 6.07) is 107. The minimum atomic E-state index is -0.672. The molecule has 12 aromatic rings. The third-order valence-corrected chi connectivity index (χ3v) is 22.3. The van der Waals surface area contributed by atoms with Gasteiger partial charge < -0.3 is 9.98 Å². The van der Waals surface area contributed by atoms with Crippen LogP contribution in [0.2, 0.25) is 0 Å². The van der Waals surface area contributed by atoms with Crippen LogP contribution < -0.4 is 5.36 Å². The fourth-order valence-corrected chi connectivity index (χ4v) is 18.4. The SMILES string of the molecule is [C-](=Nc1[c-]cccc1)c1ccc(-c2ccc3c(c2)C2(c4ccccc4-c4ccccc42)c2cc(C4=C(C5=CC=C6c7ccc(-c8ccc([C-]=Nc9[c-]cccc9)cc8)cc7C7(c8ccccc8-c8ccccc87)C6C5)I=c5ccccc5=N4)ccc2-3)cc1.[U+2].[U+2]. The van der Waals surface area contributed by atoms with Crippen LogP contribution in [0, 0.1) is 83.4 Å². The summed E-state index contributed by atoms with van der Waals surface area (Å²) in [4.78, 5) is 15.0. The largest absolute Gasteiger partial charge is 2.00 e. The van der Waals surface area contributed by atoms with Crippen LogP contribution in [0.1, 0.15) is 67.6 Å². The van der Waals surface area contributed by atoms with Crippen molar-refractivity contribution in [2.75, 3.05) is 0 Å². The molecule has 0 radical (unpaired) electrons. The average Bonchev–Trinajstić information content (AvgIpc) is 1.52. The first kappa shape index (κ1) is 57.0. The number of halogens is 1. The Morgan fingerprint density at radius 1 is 0.400 bits per heavy atom. The van der Waals surface area contributed by atoms with Crippen LogP contribution in [-0.4, -0.2) is 12.4 Å². The number of rotatable bonds is 8. The predicted molar refractivity (Wildman–Crippen MR) is 366 cm³/mol. The fourth-order valence-electron chi connectivity index (χ4n) is 15.4. The Morgan fingerprint density at radius 3 is 1.40 bits per heavy atom. The van der Waals surface area contributed by atoms with Gasteiger partial charge in [0.1, 0.15) is 0 Å². The Bertz CT molecular complexity index is 5140. The van der Waals surface area contributed by atoms with Crippen LogP contribution in [0.25, 0.3) is 66.9 Å². The number of nitrogens with zero attached hydrogens (tertiary/aromatic N) is 3. The Labute approximate surface area is 581 Å². The van der Waals surface area contributed by atoms with Gasteiger partial charge in [-0.3, -0.25) is 0 Å².